The summed E-state index contributed by atoms with van der Waals surface area (Å²) in [6.07, 6.45) is 1.52. The van der Waals surface area contributed by atoms with E-state index in [0.29, 0.717) is 6.42 Å². The molecule has 0 bridgehead atoms. The third kappa shape index (κ3) is 4.92. The molecule has 0 heterocycles. The van der Waals surface area contributed by atoms with Crippen molar-refractivity contribution in [1.82, 2.24) is 5.32 Å². The third-order valence-electron chi connectivity index (χ3n) is 3.04. The van der Waals surface area contributed by atoms with Crippen molar-refractivity contribution < 1.29 is 4.74 Å². The van der Waals surface area contributed by atoms with Crippen molar-refractivity contribution in [1.29, 1.82) is 5.26 Å². The normalized spacial score (nSPS) is 11.1. The summed E-state index contributed by atoms with van der Waals surface area (Å²) in [5.41, 5.74) is 2.55. The molecule has 0 aliphatic heterocycles. The second-order valence-corrected chi connectivity index (χ2v) is 5.72. The molecule has 0 saturated carbocycles. The van der Waals surface area contributed by atoms with Crippen LogP contribution in [0.2, 0.25) is 0 Å². The Bertz CT molecular complexity index is 441. The molecule has 104 valence electrons. The first-order valence-electron chi connectivity index (χ1n) is 6.74. The average Bonchev–Trinajstić information content (AvgIpc) is 2.37. The Balaban J connectivity index is 2.68. The minimum Gasteiger partial charge on any atom is -0.496 e. The summed E-state index contributed by atoms with van der Waals surface area (Å²) in [6, 6.07) is 8.48. The van der Waals surface area contributed by atoms with Gasteiger partial charge in [0.15, 0.2) is 0 Å². The topological polar surface area (TPSA) is 45.0 Å². The molecule has 19 heavy (non-hydrogen) atoms. The maximum absolute atomic E-state index is 8.47. The van der Waals surface area contributed by atoms with Crippen molar-refractivity contribution in [2.45, 2.75) is 45.6 Å². The molecule has 0 unspecified atom stereocenters. The SMILES string of the molecule is COc1ccc(CNCCCC#N)cc1C(C)(C)C. The summed E-state index contributed by atoms with van der Waals surface area (Å²) in [5, 5.41) is 11.8. The van der Waals surface area contributed by atoms with Gasteiger partial charge in [-0.15, -0.1) is 0 Å². The van der Waals surface area contributed by atoms with Gasteiger partial charge in [0.05, 0.1) is 13.2 Å². The number of benzene rings is 1. The number of nitrogens with zero attached hydrogens (tertiary/aromatic N) is 1. The molecule has 0 aliphatic carbocycles. The Hall–Kier alpha value is -1.53. The Labute approximate surface area is 116 Å². The van der Waals surface area contributed by atoms with Crippen LogP contribution in [-0.4, -0.2) is 13.7 Å². The number of hydrogen-bond acceptors (Lipinski definition) is 3. The molecule has 1 aromatic rings. The molecule has 0 atom stereocenters. The summed E-state index contributed by atoms with van der Waals surface area (Å²) < 4.78 is 5.43. The predicted octanol–water partition coefficient (Wildman–Crippen LogP) is 3.39. The molecule has 0 aliphatic rings. The standard InChI is InChI=1S/C16H24N2O/c1-16(2,3)14-11-13(7-8-15(14)19-4)12-18-10-6-5-9-17/h7-8,11,18H,5-6,10,12H2,1-4H3. The zero-order chi connectivity index (χ0) is 14.3. The van der Waals surface area contributed by atoms with E-state index in [2.05, 4.69) is 44.3 Å². The highest BCUT2D eigenvalue weighted by atomic mass is 16.5. The van der Waals surface area contributed by atoms with Crippen molar-refractivity contribution in [2.24, 2.45) is 0 Å². The fourth-order valence-electron chi connectivity index (χ4n) is 1.98. The monoisotopic (exact) mass is 260 g/mol. The molecule has 0 saturated heterocycles. The van der Waals surface area contributed by atoms with Gasteiger partial charge in [-0.25, -0.2) is 0 Å². The lowest BCUT2D eigenvalue weighted by Crippen LogP contribution is -2.17. The summed E-state index contributed by atoms with van der Waals surface area (Å²) in [5.74, 6) is 0.945. The van der Waals surface area contributed by atoms with E-state index in [-0.39, 0.29) is 5.41 Å². The molecule has 3 nitrogen and oxygen atoms in total. The predicted molar refractivity (Wildman–Crippen MR) is 78.2 cm³/mol. The number of hydrogen-bond donors (Lipinski definition) is 1. The first-order chi connectivity index (χ1) is 8.99. The number of rotatable bonds is 6. The number of nitrogens with one attached hydrogen (secondary N) is 1. The van der Waals surface area contributed by atoms with Gasteiger partial charge in [0.1, 0.15) is 5.75 Å². The van der Waals surface area contributed by atoms with E-state index >= 15 is 0 Å². The molecule has 0 spiro atoms. The average molecular weight is 260 g/mol. The van der Waals surface area contributed by atoms with Gasteiger partial charge >= 0.3 is 0 Å². The van der Waals surface area contributed by atoms with E-state index in [1.165, 1.54) is 11.1 Å². The van der Waals surface area contributed by atoms with Crippen molar-refractivity contribution in [3.05, 3.63) is 29.3 Å². The van der Waals surface area contributed by atoms with E-state index in [4.69, 9.17) is 10.00 Å². The Morgan fingerprint density at radius 1 is 1.32 bits per heavy atom. The second kappa shape index (κ2) is 7.16. The van der Waals surface area contributed by atoms with Crippen LogP contribution < -0.4 is 10.1 Å². The lowest BCUT2D eigenvalue weighted by molar-refractivity contribution is 0.397. The van der Waals surface area contributed by atoms with Crippen molar-refractivity contribution in [3.63, 3.8) is 0 Å². The summed E-state index contributed by atoms with van der Waals surface area (Å²) in [6.45, 7) is 8.28. The minimum atomic E-state index is 0.0716. The molecular formula is C16H24N2O. The van der Waals surface area contributed by atoms with Crippen molar-refractivity contribution >= 4 is 0 Å². The molecule has 0 fully saturated rings. The van der Waals surface area contributed by atoms with Crippen LogP contribution in [0, 0.1) is 11.3 Å². The fourth-order valence-corrected chi connectivity index (χ4v) is 1.98. The first kappa shape index (κ1) is 15.5. The number of unbranched alkanes of at least 4 members (excludes halogenated alkanes) is 1. The van der Waals surface area contributed by atoms with Crippen LogP contribution in [0.3, 0.4) is 0 Å². The van der Waals surface area contributed by atoms with E-state index in [0.717, 1.165) is 25.3 Å². The van der Waals surface area contributed by atoms with Gasteiger partial charge in [-0.05, 0) is 35.6 Å². The van der Waals surface area contributed by atoms with Crippen molar-refractivity contribution in [3.8, 4) is 11.8 Å². The molecular weight excluding hydrogens is 236 g/mol. The van der Waals surface area contributed by atoms with Crippen LogP contribution in [0.5, 0.6) is 5.75 Å². The first-order valence-corrected chi connectivity index (χ1v) is 6.74. The Morgan fingerprint density at radius 2 is 2.05 bits per heavy atom. The van der Waals surface area contributed by atoms with Crippen LogP contribution in [0.25, 0.3) is 0 Å². The third-order valence-corrected chi connectivity index (χ3v) is 3.04. The summed E-state index contributed by atoms with van der Waals surface area (Å²) in [4.78, 5) is 0. The maximum Gasteiger partial charge on any atom is 0.122 e. The van der Waals surface area contributed by atoms with Crippen molar-refractivity contribution in [2.75, 3.05) is 13.7 Å². The van der Waals surface area contributed by atoms with Gasteiger partial charge in [0.25, 0.3) is 0 Å². The number of ether oxygens (including phenoxy) is 1. The largest absolute Gasteiger partial charge is 0.496 e. The quantitative estimate of drug-likeness (QED) is 0.797. The van der Waals surface area contributed by atoms with Crippen LogP contribution >= 0.6 is 0 Å². The summed E-state index contributed by atoms with van der Waals surface area (Å²) in [7, 11) is 1.71. The van der Waals surface area contributed by atoms with Crippen LogP contribution in [0.4, 0.5) is 0 Å². The Kier molecular flexibility index (Phi) is 5.85. The van der Waals surface area contributed by atoms with E-state index in [1.54, 1.807) is 7.11 Å². The summed E-state index contributed by atoms with van der Waals surface area (Å²) >= 11 is 0. The van der Waals surface area contributed by atoms with E-state index in [9.17, 15) is 0 Å². The van der Waals surface area contributed by atoms with Gasteiger partial charge in [0.2, 0.25) is 0 Å². The molecule has 1 N–H and O–H groups in total. The Morgan fingerprint density at radius 3 is 2.63 bits per heavy atom. The molecule has 0 amide bonds. The zero-order valence-corrected chi connectivity index (χ0v) is 12.4. The highest BCUT2D eigenvalue weighted by molar-refractivity contribution is 5.41. The van der Waals surface area contributed by atoms with Gasteiger partial charge in [-0.1, -0.05) is 32.9 Å². The second-order valence-electron chi connectivity index (χ2n) is 5.72. The number of methoxy groups -OCH3 is 1. The molecule has 3 heteroatoms. The van der Waals surface area contributed by atoms with E-state index in [1.807, 2.05) is 6.07 Å². The van der Waals surface area contributed by atoms with Crippen LogP contribution in [0.15, 0.2) is 18.2 Å². The van der Waals surface area contributed by atoms with E-state index < -0.39 is 0 Å². The smallest absolute Gasteiger partial charge is 0.122 e. The van der Waals surface area contributed by atoms with Crippen LogP contribution in [-0.2, 0) is 12.0 Å². The number of nitriles is 1. The molecule has 0 aromatic heterocycles. The van der Waals surface area contributed by atoms with Gasteiger partial charge in [-0.3, -0.25) is 0 Å². The molecule has 0 radical (unpaired) electrons. The van der Waals surface area contributed by atoms with Gasteiger partial charge in [-0.2, -0.15) is 5.26 Å². The van der Waals surface area contributed by atoms with Gasteiger partial charge in [0, 0.05) is 13.0 Å². The van der Waals surface area contributed by atoms with Gasteiger partial charge < -0.3 is 10.1 Å². The highest BCUT2D eigenvalue weighted by Gasteiger charge is 2.18. The lowest BCUT2D eigenvalue weighted by Gasteiger charge is -2.23. The minimum absolute atomic E-state index is 0.0716. The molecule has 1 aromatic carbocycles. The fraction of sp³-hybridized carbons (Fsp3) is 0.562. The van der Waals surface area contributed by atoms with Crippen LogP contribution in [0.1, 0.15) is 44.7 Å². The zero-order valence-electron chi connectivity index (χ0n) is 12.4. The lowest BCUT2D eigenvalue weighted by atomic mass is 9.85. The maximum atomic E-state index is 8.47. The highest BCUT2D eigenvalue weighted by Crippen LogP contribution is 2.31. The molecule has 1 rings (SSSR count).